The van der Waals surface area contributed by atoms with Gasteiger partial charge in [0.1, 0.15) is 29.3 Å². The van der Waals surface area contributed by atoms with Crippen LogP contribution in [0.2, 0.25) is 0 Å². The highest BCUT2D eigenvalue weighted by Crippen LogP contribution is 2.32. The third-order valence-electron chi connectivity index (χ3n) is 3.60. The summed E-state index contributed by atoms with van der Waals surface area (Å²) in [6, 6.07) is 7.59. The number of rotatable bonds is 2. The van der Waals surface area contributed by atoms with Crippen LogP contribution in [-0.2, 0) is 9.63 Å². The van der Waals surface area contributed by atoms with Crippen LogP contribution in [0.15, 0.2) is 29.4 Å². The van der Waals surface area contributed by atoms with Crippen molar-refractivity contribution < 1.29 is 14.4 Å². The van der Waals surface area contributed by atoms with Crippen molar-refractivity contribution >= 4 is 11.5 Å². The van der Waals surface area contributed by atoms with E-state index in [1.165, 1.54) is 0 Å². The van der Waals surface area contributed by atoms with Crippen LogP contribution in [0.4, 0.5) is 0 Å². The van der Waals surface area contributed by atoms with Crippen molar-refractivity contribution in [1.82, 2.24) is 0 Å². The van der Waals surface area contributed by atoms with Crippen molar-refractivity contribution in [3.8, 4) is 5.75 Å². The van der Waals surface area contributed by atoms with Gasteiger partial charge in [-0.15, -0.1) is 0 Å². The van der Waals surface area contributed by atoms with Crippen molar-refractivity contribution in [3.63, 3.8) is 0 Å². The molecule has 1 aliphatic heterocycles. The van der Waals surface area contributed by atoms with Crippen LogP contribution in [0.5, 0.6) is 5.75 Å². The predicted molar refractivity (Wildman–Crippen MR) is 66.8 cm³/mol. The summed E-state index contributed by atoms with van der Waals surface area (Å²) < 4.78 is 5.12. The Labute approximate surface area is 106 Å². The molecule has 1 heterocycles. The molecule has 0 unspecified atom stereocenters. The summed E-state index contributed by atoms with van der Waals surface area (Å²) in [5.41, 5.74) is 1.71. The Bertz CT molecular complexity index is 492. The number of benzene rings is 1. The highest BCUT2D eigenvalue weighted by Gasteiger charge is 2.42. The van der Waals surface area contributed by atoms with Crippen LogP contribution in [0.1, 0.15) is 24.8 Å². The van der Waals surface area contributed by atoms with E-state index in [0.29, 0.717) is 6.42 Å². The molecule has 0 N–H and O–H groups in total. The molecule has 1 saturated carbocycles. The molecule has 1 aromatic rings. The first kappa shape index (κ1) is 11.3. The van der Waals surface area contributed by atoms with E-state index in [1.807, 2.05) is 24.3 Å². The van der Waals surface area contributed by atoms with Gasteiger partial charge in [-0.2, -0.15) is 0 Å². The van der Waals surface area contributed by atoms with Crippen molar-refractivity contribution in [2.45, 2.75) is 25.4 Å². The number of ketones is 1. The molecule has 0 amide bonds. The van der Waals surface area contributed by atoms with Gasteiger partial charge < -0.3 is 9.57 Å². The monoisotopic (exact) mass is 245 g/mol. The van der Waals surface area contributed by atoms with Crippen LogP contribution in [-0.4, -0.2) is 24.7 Å². The van der Waals surface area contributed by atoms with Gasteiger partial charge in [0.05, 0.1) is 7.11 Å². The normalized spacial score (nSPS) is 26.3. The first-order chi connectivity index (χ1) is 8.79. The molecule has 3 rings (SSSR count). The predicted octanol–water partition coefficient (Wildman–Crippen LogP) is 2.17. The summed E-state index contributed by atoms with van der Waals surface area (Å²) in [7, 11) is 1.63. The smallest absolute Gasteiger partial charge is 0.145 e. The molecule has 1 fully saturated rings. The minimum Gasteiger partial charge on any atom is -0.497 e. The molecule has 4 nitrogen and oxygen atoms in total. The minimum atomic E-state index is -0.174. The molecule has 0 spiro atoms. The number of methoxy groups -OCH3 is 1. The van der Waals surface area contributed by atoms with Crippen LogP contribution < -0.4 is 4.74 Å². The zero-order valence-electron chi connectivity index (χ0n) is 10.3. The Balaban J connectivity index is 1.89. The molecular formula is C14H15NO3. The number of ether oxygens (including phenoxy) is 1. The van der Waals surface area contributed by atoms with Crippen molar-refractivity contribution in [3.05, 3.63) is 29.8 Å². The molecule has 4 heteroatoms. The largest absolute Gasteiger partial charge is 0.497 e. The summed E-state index contributed by atoms with van der Waals surface area (Å²) in [5.74, 6) is 0.871. The summed E-state index contributed by atoms with van der Waals surface area (Å²) in [4.78, 5) is 17.4. The third-order valence-corrected chi connectivity index (χ3v) is 3.60. The highest BCUT2D eigenvalue weighted by molar-refractivity contribution is 6.14. The Morgan fingerprint density at radius 2 is 2.11 bits per heavy atom. The van der Waals surface area contributed by atoms with E-state index in [4.69, 9.17) is 9.57 Å². The number of nitrogens with zero attached hydrogens (tertiary/aromatic N) is 1. The molecule has 0 bridgehead atoms. The summed E-state index contributed by atoms with van der Waals surface area (Å²) in [6.07, 6.45) is 2.41. The van der Waals surface area contributed by atoms with Gasteiger partial charge >= 0.3 is 0 Å². The number of carbonyl (C=O) groups is 1. The van der Waals surface area contributed by atoms with E-state index >= 15 is 0 Å². The fraction of sp³-hybridized carbons (Fsp3) is 0.429. The molecule has 2 aliphatic rings. The highest BCUT2D eigenvalue weighted by atomic mass is 16.6. The van der Waals surface area contributed by atoms with E-state index in [9.17, 15) is 4.79 Å². The van der Waals surface area contributed by atoms with Gasteiger partial charge in [0.25, 0.3) is 0 Å². The zero-order chi connectivity index (χ0) is 12.5. The van der Waals surface area contributed by atoms with Crippen molar-refractivity contribution in [1.29, 1.82) is 0 Å². The number of Topliss-reactive ketones (excluding diaryl/α,β-unsaturated/α-hetero) is 1. The lowest BCUT2D eigenvalue weighted by Gasteiger charge is -2.22. The Morgan fingerprint density at radius 3 is 2.83 bits per heavy atom. The van der Waals surface area contributed by atoms with Gasteiger partial charge in [0.2, 0.25) is 0 Å². The molecule has 94 valence electrons. The Kier molecular flexibility index (Phi) is 2.78. The SMILES string of the molecule is COc1ccc(C2=NO[C@@H]3CCCC(=O)[C@H]23)cc1. The van der Waals surface area contributed by atoms with E-state index in [0.717, 1.165) is 29.9 Å². The number of carbonyl (C=O) groups excluding carboxylic acids is 1. The van der Waals surface area contributed by atoms with Gasteiger partial charge in [-0.25, -0.2) is 0 Å². The molecule has 1 aliphatic carbocycles. The van der Waals surface area contributed by atoms with Gasteiger partial charge in [-0.1, -0.05) is 5.16 Å². The number of fused-ring (bicyclic) bond motifs is 1. The molecule has 0 radical (unpaired) electrons. The standard InChI is InChI=1S/C14H15NO3/c1-17-10-7-5-9(6-8-10)14-13-11(16)3-2-4-12(13)18-15-14/h5-8,12-13H,2-4H2,1H3/t12-,13+/m1/s1. The second-order valence-corrected chi connectivity index (χ2v) is 4.69. The van der Waals surface area contributed by atoms with Gasteiger partial charge in [0.15, 0.2) is 0 Å². The summed E-state index contributed by atoms with van der Waals surface area (Å²) >= 11 is 0. The van der Waals surface area contributed by atoms with Crippen LogP contribution in [0.25, 0.3) is 0 Å². The van der Waals surface area contributed by atoms with Crippen molar-refractivity contribution in [2.24, 2.45) is 11.1 Å². The van der Waals surface area contributed by atoms with E-state index < -0.39 is 0 Å². The second-order valence-electron chi connectivity index (χ2n) is 4.69. The molecule has 0 aromatic heterocycles. The maximum Gasteiger partial charge on any atom is 0.145 e. The average molecular weight is 245 g/mol. The average Bonchev–Trinajstić information content (AvgIpc) is 2.84. The lowest BCUT2D eigenvalue weighted by atomic mass is 9.80. The zero-order valence-corrected chi connectivity index (χ0v) is 10.3. The number of hydrogen-bond acceptors (Lipinski definition) is 4. The third kappa shape index (κ3) is 1.78. The lowest BCUT2D eigenvalue weighted by molar-refractivity contribution is -0.126. The van der Waals surface area contributed by atoms with Gasteiger partial charge in [-0.05, 0) is 37.1 Å². The maximum atomic E-state index is 12.0. The molecule has 18 heavy (non-hydrogen) atoms. The topological polar surface area (TPSA) is 47.9 Å². The molecular weight excluding hydrogens is 230 g/mol. The van der Waals surface area contributed by atoms with E-state index in [2.05, 4.69) is 5.16 Å². The number of hydrogen-bond donors (Lipinski definition) is 0. The quantitative estimate of drug-likeness (QED) is 0.802. The van der Waals surface area contributed by atoms with Crippen LogP contribution in [0, 0.1) is 5.92 Å². The first-order valence-electron chi connectivity index (χ1n) is 6.20. The van der Waals surface area contributed by atoms with Crippen LogP contribution in [0.3, 0.4) is 0 Å². The van der Waals surface area contributed by atoms with E-state index in [1.54, 1.807) is 7.11 Å². The molecule has 2 atom stereocenters. The Morgan fingerprint density at radius 1 is 1.33 bits per heavy atom. The lowest BCUT2D eigenvalue weighted by Crippen LogP contribution is -2.35. The Hall–Kier alpha value is -1.84. The van der Waals surface area contributed by atoms with Crippen molar-refractivity contribution in [2.75, 3.05) is 7.11 Å². The first-order valence-corrected chi connectivity index (χ1v) is 6.20. The van der Waals surface area contributed by atoms with Gasteiger partial charge in [-0.3, -0.25) is 4.79 Å². The molecule has 0 saturated heterocycles. The minimum absolute atomic E-state index is 0.0525. The summed E-state index contributed by atoms with van der Waals surface area (Å²) in [6.45, 7) is 0. The number of oxime groups is 1. The van der Waals surface area contributed by atoms with Crippen LogP contribution >= 0.6 is 0 Å². The fourth-order valence-electron chi connectivity index (χ4n) is 2.62. The van der Waals surface area contributed by atoms with E-state index in [-0.39, 0.29) is 17.8 Å². The van der Waals surface area contributed by atoms with Gasteiger partial charge in [0, 0.05) is 12.0 Å². The maximum absolute atomic E-state index is 12.0. The molecule has 1 aromatic carbocycles. The second kappa shape index (κ2) is 4.44. The fourth-order valence-corrected chi connectivity index (χ4v) is 2.62. The summed E-state index contributed by atoms with van der Waals surface area (Å²) in [5, 5.41) is 4.11.